The van der Waals surface area contributed by atoms with E-state index in [2.05, 4.69) is 4.98 Å². The molecule has 0 aliphatic rings. The zero-order valence-electron chi connectivity index (χ0n) is 11.2. The summed E-state index contributed by atoms with van der Waals surface area (Å²) in [6.07, 6.45) is 0. The molecule has 0 amide bonds. The normalized spacial score (nSPS) is 11.6. The zero-order valence-corrected chi connectivity index (χ0v) is 12.0. The van der Waals surface area contributed by atoms with Gasteiger partial charge in [-0.15, -0.1) is 11.3 Å². The number of benzene rings is 1. The average Bonchev–Trinajstić information content (AvgIpc) is 2.71. The van der Waals surface area contributed by atoms with Gasteiger partial charge in [0, 0.05) is 10.4 Å². The van der Waals surface area contributed by atoms with Gasteiger partial charge in [0.1, 0.15) is 10.8 Å². The third-order valence-electron chi connectivity index (χ3n) is 2.72. The van der Waals surface area contributed by atoms with E-state index in [4.69, 9.17) is 10.5 Å². The number of nitrogens with two attached hydrogens (primary N) is 1. The molecular formula is C14H18N2OS. The van der Waals surface area contributed by atoms with E-state index in [1.165, 1.54) is 0 Å². The molecule has 18 heavy (non-hydrogen) atoms. The van der Waals surface area contributed by atoms with Crippen LogP contribution in [-0.4, -0.2) is 12.1 Å². The third-order valence-corrected chi connectivity index (χ3v) is 4.25. The van der Waals surface area contributed by atoms with E-state index >= 15 is 0 Å². The SMILES string of the molecule is COc1ccccc1-c1nc(C)c(C(C)(C)N)s1. The summed E-state index contributed by atoms with van der Waals surface area (Å²) >= 11 is 1.63. The molecule has 3 nitrogen and oxygen atoms in total. The summed E-state index contributed by atoms with van der Waals surface area (Å²) < 4.78 is 5.37. The highest BCUT2D eigenvalue weighted by Crippen LogP contribution is 2.37. The number of ether oxygens (including phenoxy) is 1. The van der Waals surface area contributed by atoms with Gasteiger partial charge in [0.05, 0.1) is 18.4 Å². The van der Waals surface area contributed by atoms with Crippen LogP contribution in [0.1, 0.15) is 24.4 Å². The predicted octanol–water partition coefficient (Wildman–Crippen LogP) is 3.32. The molecule has 1 heterocycles. The van der Waals surface area contributed by atoms with Crippen LogP contribution in [0.25, 0.3) is 10.6 Å². The van der Waals surface area contributed by atoms with Crippen molar-refractivity contribution in [2.24, 2.45) is 5.73 Å². The van der Waals surface area contributed by atoms with Crippen LogP contribution >= 0.6 is 11.3 Å². The first-order valence-corrected chi connectivity index (χ1v) is 6.65. The smallest absolute Gasteiger partial charge is 0.129 e. The third kappa shape index (κ3) is 2.40. The van der Waals surface area contributed by atoms with Crippen LogP contribution in [0.4, 0.5) is 0 Å². The van der Waals surface area contributed by atoms with Gasteiger partial charge in [-0.25, -0.2) is 4.98 Å². The summed E-state index contributed by atoms with van der Waals surface area (Å²) in [6, 6.07) is 7.90. The highest BCUT2D eigenvalue weighted by molar-refractivity contribution is 7.15. The van der Waals surface area contributed by atoms with Crippen LogP contribution in [0, 0.1) is 6.92 Å². The quantitative estimate of drug-likeness (QED) is 0.923. The maximum Gasteiger partial charge on any atom is 0.129 e. The van der Waals surface area contributed by atoms with Gasteiger partial charge in [-0.1, -0.05) is 12.1 Å². The summed E-state index contributed by atoms with van der Waals surface area (Å²) in [6.45, 7) is 6.00. The van der Waals surface area contributed by atoms with E-state index in [-0.39, 0.29) is 5.54 Å². The lowest BCUT2D eigenvalue weighted by Gasteiger charge is -2.16. The molecular weight excluding hydrogens is 244 g/mol. The standard InChI is InChI=1S/C14H18N2OS/c1-9-12(14(2,3)15)18-13(16-9)10-7-5-6-8-11(10)17-4/h5-8H,15H2,1-4H3. The van der Waals surface area contributed by atoms with Crippen molar-refractivity contribution in [3.05, 3.63) is 34.8 Å². The van der Waals surface area contributed by atoms with Crippen LogP contribution in [0.3, 0.4) is 0 Å². The van der Waals surface area contributed by atoms with Crippen molar-refractivity contribution in [1.29, 1.82) is 0 Å². The molecule has 0 unspecified atom stereocenters. The second-order valence-electron chi connectivity index (χ2n) is 4.86. The molecule has 1 aromatic heterocycles. The fraction of sp³-hybridized carbons (Fsp3) is 0.357. The maximum atomic E-state index is 6.16. The Balaban J connectivity index is 2.53. The van der Waals surface area contributed by atoms with Crippen molar-refractivity contribution >= 4 is 11.3 Å². The van der Waals surface area contributed by atoms with E-state index in [0.29, 0.717) is 0 Å². The van der Waals surface area contributed by atoms with E-state index in [0.717, 1.165) is 26.9 Å². The van der Waals surface area contributed by atoms with E-state index < -0.39 is 0 Å². The van der Waals surface area contributed by atoms with Crippen molar-refractivity contribution in [3.63, 3.8) is 0 Å². The van der Waals surface area contributed by atoms with Crippen molar-refractivity contribution in [1.82, 2.24) is 4.98 Å². The minimum Gasteiger partial charge on any atom is -0.496 e. The Bertz CT molecular complexity index is 555. The number of hydrogen-bond acceptors (Lipinski definition) is 4. The van der Waals surface area contributed by atoms with Crippen molar-refractivity contribution in [3.8, 4) is 16.3 Å². The van der Waals surface area contributed by atoms with Crippen LogP contribution in [-0.2, 0) is 5.54 Å². The number of nitrogens with zero attached hydrogens (tertiary/aromatic N) is 1. The Kier molecular flexibility index (Phi) is 3.41. The molecule has 2 rings (SSSR count). The molecule has 0 bridgehead atoms. The monoisotopic (exact) mass is 262 g/mol. The summed E-state index contributed by atoms with van der Waals surface area (Å²) in [5.41, 5.74) is 7.81. The zero-order chi connectivity index (χ0) is 13.3. The number of aryl methyl sites for hydroxylation is 1. The molecule has 1 aromatic carbocycles. The van der Waals surface area contributed by atoms with Crippen LogP contribution in [0.15, 0.2) is 24.3 Å². The average molecular weight is 262 g/mol. The van der Waals surface area contributed by atoms with Crippen LogP contribution in [0.2, 0.25) is 0 Å². The molecule has 0 saturated heterocycles. The summed E-state index contributed by atoms with van der Waals surface area (Å²) in [7, 11) is 1.67. The molecule has 4 heteroatoms. The number of aromatic nitrogens is 1. The van der Waals surface area contributed by atoms with Gasteiger partial charge < -0.3 is 10.5 Å². The Morgan fingerprint density at radius 3 is 2.50 bits per heavy atom. The van der Waals surface area contributed by atoms with Gasteiger partial charge in [-0.3, -0.25) is 0 Å². The van der Waals surface area contributed by atoms with Gasteiger partial charge in [0.2, 0.25) is 0 Å². The lowest BCUT2D eigenvalue weighted by Crippen LogP contribution is -2.28. The fourth-order valence-electron chi connectivity index (χ4n) is 1.93. The number of rotatable bonds is 3. The molecule has 0 aliphatic carbocycles. The number of para-hydroxylation sites is 1. The Hall–Kier alpha value is -1.39. The first-order chi connectivity index (χ1) is 8.43. The molecule has 0 radical (unpaired) electrons. The predicted molar refractivity (Wildman–Crippen MR) is 76.1 cm³/mol. The Morgan fingerprint density at radius 1 is 1.28 bits per heavy atom. The van der Waals surface area contributed by atoms with Gasteiger partial charge >= 0.3 is 0 Å². The van der Waals surface area contributed by atoms with Gasteiger partial charge in [0.25, 0.3) is 0 Å². The van der Waals surface area contributed by atoms with Gasteiger partial charge in [-0.05, 0) is 32.9 Å². The fourth-order valence-corrected chi connectivity index (χ4v) is 3.04. The van der Waals surface area contributed by atoms with Gasteiger partial charge in [-0.2, -0.15) is 0 Å². The molecule has 0 atom stereocenters. The molecule has 96 valence electrons. The minimum absolute atomic E-state index is 0.359. The topological polar surface area (TPSA) is 48.1 Å². The summed E-state index contributed by atoms with van der Waals surface area (Å²) in [5.74, 6) is 0.840. The summed E-state index contributed by atoms with van der Waals surface area (Å²) in [5, 5.41) is 0.957. The van der Waals surface area contributed by atoms with Crippen LogP contribution < -0.4 is 10.5 Å². The summed E-state index contributed by atoms with van der Waals surface area (Å²) in [4.78, 5) is 5.73. The van der Waals surface area contributed by atoms with E-state index in [1.807, 2.05) is 45.0 Å². The molecule has 0 saturated carbocycles. The second kappa shape index (κ2) is 4.71. The lowest BCUT2D eigenvalue weighted by molar-refractivity contribution is 0.416. The molecule has 2 N–H and O–H groups in total. The highest BCUT2D eigenvalue weighted by atomic mass is 32.1. The van der Waals surface area contributed by atoms with Crippen molar-refractivity contribution < 1.29 is 4.74 Å². The highest BCUT2D eigenvalue weighted by Gasteiger charge is 2.22. The second-order valence-corrected chi connectivity index (χ2v) is 5.85. The van der Waals surface area contributed by atoms with Crippen molar-refractivity contribution in [2.75, 3.05) is 7.11 Å². The van der Waals surface area contributed by atoms with E-state index in [1.54, 1.807) is 18.4 Å². The Labute approximate surface area is 112 Å². The molecule has 0 aliphatic heterocycles. The maximum absolute atomic E-state index is 6.16. The Morgan fingerprint density at radius 2 is 1.94 bits per heavy atom. The molecule has 0 fully saturated rings. The number of hydrogen-bond donors (Lipinski definition) is 1. The van der Waals surface area contributed by atoms with Gasteiger partial charge in [0.15, 0.2) is 0 Å². The first-order valence-electron chi connectivity index (χ1n) is 5.83. The number of thiazole rings is 1. The van der Waals surface area contributed by atoms with E-state index in [9.17, 15) is 0 Å². The van der Waals surface area contributed by atoms with Crippen LogP contribution in [0.5, 0.6) is 5.75 Å². The molecule has 0 spiro atoms. The minimum atomic E-state index is -0.359. The molecule has 2 aromatic rings. The van der Waals surface area contributed by atoms with Crippen molar-refractivity contribution in [2.45, 2.75) is 26.3 Å². The lowest BCUT2D eigenvalue weighted by atomic mass is 10.0. The number of methoxy groups -OCH3 is 1. The first kappa shape index (κ1) is 13.1. The largest absolute Gasteiger partial charge is 0.496 e.